The van der Waals surface area contributed by atoms with Crippen molar-refractivity contribution in [1.82, 2.24) is 10.2 Å². The number of carbonyl (C=O) groups is 2. The van der Waals surface area contributed by atoms with Crippen molar-refractivity contribution in [3.8, 4) is 0 Å². The largest absolute Gasteiger partial charge is 0.459 e. The van der Waals surface area contributed by atoms with Crippen molar-refractivity contribution in [3.05, 3.63) is 60.1 Å². The fraction of sp³-hybridized carbons (Fsp3) is 0.429. The van der Waals surface area contributed by atoms with Gasteiger partial charge < -0.3 is 20.4 Å². The fourth-order valence-electron chi connectivity index (χ4n) is 4.39. The van der Waals surface area contributed by atoms with Gasteiger partial charge in [-0.1, -0.05) is 30.3 Å². The first kappa shape index (κ1) is 17.8. The lowest BCUT2D eigenvalue weighted by molar-refractivity contribution is -0.132. The molecular formula is C21H25N3O3. The summed E-state index contributed by atoms with van der Waals surface area (Å²) in [6, 6.07) is 12.5. The van der Waals surface area contributed by atoms with Gasteiger partial charge in [-0.15, -0.1) is 0 Å². The van der Waals surface area contributed by atoms with E-state index in [0.717, 1.165) is 24.9 Å². The van der Waals surface area contributed by atoms with Crippen molar-refractivity contribution >= 4 is 11.8 Å². The molecule has 4 atom stereocenters. The van der Waals surface area contributed by atoms with Gasteiger partial charge in [0.1, 0.15) is 6.04 Å². The summed E-state index contributed by atoms with van der Waals surface area (Å²) in [5.74, 6) is 0.668. The van der Waals surface area contributed by atoms with E-state index in [1.54, 1.807) is 12.1 Å². The Labute approximate surface area is 158 Å². The fourth-order valence-corrected chi connectivity index (χ4v) is 4.39. The molecule has 3 N–H and O–H groups in total. The highest BCUT2D eigenvalue weighted by atomic mass is 16.3. The van der Waals surface area contributed by atoms with E-state index in [4.69, 9.17) is 10.2 Å². The Kier molecular flexibility index (Phi) is 4.99. The summed E-state index contributed by atoms with van der Waals surface area (Å²) in [5, 5.41) is 2.87. The van der Waals surface area contributed by atoms with Gasteiger partial charge in [-0.2, -0.15) is 0 Å². The summed E-state index contributed by atoms with van der Waals surface area (Å²) >= 11 is 0. The van der Waals surface area contributed by atoms with E-state index in [0.29, 0.717) is 24.8 Å². The van der Waals surface area contributed by atoms with Crippen LogP contribution >= 0.6 is 0 Å². The second-order valence-corrected chi connectivity index (χ2v) is 7.60. The molecule has 142 valence electrons. The summed E-state index contributed by atoms with van der Waals surface area (Å²) in [5.41, 5.74) is 7.21. The predicted octanol–water partition coefficient (Wildman–Crippen LogP) is 1.82. The number of nitrogens with one attached hydrogen (secondary N) is 1. The third-order valence-electron chi connectivity index (χ3n) is 5.86. The summed E-state index contributed by atoms with van der Waals surface area (Å²) < 4.78 is 5.17. The number of benzene rings is 1. The second-order valence-electron chi connectivity index (χ2n) is 7.60. The van der Waals surface area contributed by atoms with Crippen LogP contribution in [0.3, 0.4) is 0 Å². The molecule has 2 aromatic rings. The van der Waals surface area contributed by atoms with Crippen molar-refractivity contribution < 1.29 is 14.0 Å². The van der Waals surface area contributed by atoms with Crippen LogP contribution < -0.4 is 11.1 Å². The van der Waals surface area contributed by atoms with Gasteiger partial charge in [0.25, 0.3) is 5.91 Å². The molecule has 1 aromatic heterocycles. The Bertz CT molecular complexity index is 790. The number of amides is 2. The summed E-state index contributed by atoms with van der Waals surface area (Å²) in [6.07, 6.45) is 4.02. The minimum Gasteiger partial charge on any atom is -0.459 e. The molecule has 0 bridgehead atoms. The number of hydrogen-bond donors (Lipinski definition) is 2. The number of likely N-dealkylation sites (tertiary alicyclic amines) is 1. The van der Waals surface area contributed by atoms with Crippen LogP contribution in [0.15, 0.2) is 53.1 Å². The van der Waals surface area contributed by atoms with Crippen molar-refractivity contribution in [2.24, 2.45) is 17.6 Å². The number of furan rings is 1. The van der Waals surface area contributed by atoms with Crippen LogP contribution in [0.5, 0.6) is 0 Å². The molecule has 2 fully saturated rings. The Morgan fingerprint density at radius 2 is 1.96 bits per heavy atom. The molecule has 1 saturated heterocycles. The summed E-state index contributed by atoms with van der Waals surface area (Å²) in [4.78, 5) is 27.6. The van der Waals surface area contributed by atoms with E-state index >= 15 is 0 Å². The zero-order chi connectivity index (χ0) is 18.8. The van der Waals surface area contributed by atoms with Gasteiger partial charge in [0, 0.05) is 25.6 Å². The molecule has 2 aliphatic rings. The molecule has 0 spiro atoms. The number of rotatable bonds is 5. The zero-order valence-corrected chi connectivity index (χ0v) is 15.2. The molecule has 6 heteroatoms. The highest BCUT2D eigenvalue weighted by Gasteiger charge is 2.43. The first-order chi connectivity index (χ1) is 13.1. The number of carbonyl (C=O) groups excluding carboxylic acids is 2. The molecule has 0 radical (unpaired) electrons. The third-order valence-corrected chi connectivity index (χ3v) is 5.86. The van der Waals surface area contributed by atoms with Crippen LogP contribution in [-0.4, -0.2) is 41.9 Å². The quantitative estimate of drug-likeness (QED) is 0.844. The third kappa shape index (κ3) is 3.76. The normalized spacial score (nSPS) is 25.2. The van der Waals surface area contributed by atoms with Crippen LogP contribution in [0, 0.1) is 11.8 Å². The van der Waals surface area contributed by atoms with Gasteiger partial charge in [-0.25, -0.2) is 0 Å². The van der Waals surface area contributed by atoms with Crippen molar-refractivity contribution in [2.75, 3.05) is 13.1 Å². The van der Waals surface area contributed by atoms with E-state index in [2.05, 4.69) is 5.32 Å². The van der Waals surface area contributed by atoms with Gasteiger partial charge in [0.05, 0.1) is 6.26 Å². The van der Waals surface area contributed by atoms with Gasteiger partial charge in [-0.05, 0) is 42.4 Å². The van der Waals surface area contributed by atoms with Crippen LogP contribution in [0.4, 0.5) is 0 Å². The highest BCUT2D eigenvalue weighted by Crippen LogP contribution is 2.37. The maximum absolute atomic E-state index is 13.2. The van der Waals surface area contributed by atoms with Crippen molar-refractivity contribution in [2.45, 2.75) is 31.3 Å². The molecule has 2 amide bonds. The first-order valence-corrected chi connectivity index (χ1v) is 9.54. The van der Waals surface area contributed by atoms with E-state index in [-0.39, 0.29) is 23.6 Å². The van der Waals surface area contributed by atoms with Crippen LogP contribution in [-0.2, 0) is 11.2 Å². The Balaban J connectivity index is 1.50. The molecule has 2 heterocycles. The Morgan fingerprint density at radius 3 is 2.67 bits per heavy atom. The molecular weight excluding hydrogens is 342 g/mol. The van der Waals surface area contributed by atoms with Gasteiger partial charge in [0.2, 0.25) is 5.91 Å². The monoisotopic (exact) mass is 367 g/mol. The van der Waals surface area contributed by atoms with E-state index in [9.17, 15) is 9.59 Å². The number of nitrogens with zero attached hydrogens (tertiary/aromatic N) is 1. The van der Waals surface area contributed by atoms with E-state index < -0.39 is 6.04 Å². The van der Waals surface area contributed by atoms with Crippen LogP contribution in [0.2, 0.25) is 0 Å². The minimum absolute atomic E-state index is 0.0413. The molecule has 1 saturated carbocycles. The number of hydrogen-bond acceptors (Lipinski definition) is 4. The summed E-state index contributed by atoms with van der Waals surface area (Å²) in [6.45, 7) is 1.42. The van der Waals surface area contributed by atoms with Crippen LogP contribution in [0.25, 0.3) is 0 Å². The van der Waals surface area contributed by atoms with Gasteiger partial charge in [0.15, 0.2) is 5.76 Å². The SMILES string of the molecule is NC1CCC2CN(C(=O)C(Cc3ccccc3)NC(=O)c3ccco3)CC12. The lowest BCUT2D eigenvalue weighted by Gasteiger charge is -2.25. The van der Waals surface area contributed by atoms with Crippen LogP contribution in [0.1, 0.15) is 29.0 Å². The average Bonchev–Trinajstić information content (AvgIpc) is 3.40. The number of nitrogens with two attached hydrogens (primary N) is 1. The van der Waals surface area contributed by atoms with Gasteiger partial charge >= 0.3 is 0 Å². The predicted molar refractivity (Wildman–Crippen MR) is 101 cm³/mol. The minimum atomic E-state index is -0.625. The molecule has 1 aliphatic heterocycles. The van der Waals surface area contributed by atoms with Crippen molar-refractivity contribution in [1.29, 1.82) is 0 Å². The summed E-state index contributed by atoms with van der Waals surface area (Å²) in [7, 11) is 0. The first-order valence-electron chi connectivity index (χ1n) is 9.54. The van der Waals surface area contributed by atoms with E-state index in [1.165, 1.54) is 6.26 Å². The maximum Gasteiger partial charge on any atom is 0.287 e. The number of fused-ring (bicyclic) bond motifs is 1. The standard InChI is InChI=1S/C21H25N3O3/c22-17-9-8-15-12-24(13-16(15)17)21(26)18(11-14-5-2-1-3-6-14)23-20(25)19-7-4-10-27-19/h1-7,10,15-18H,8-9,11-13,22H2,(H,23,25). The lowest BCUT2D eigenvalue weighted by atomic mass is 9.98. The van der Waals surface area contributed by atoms with E-state index in [1.807, 2.05) is 35.2 Å². The molecule has 27 heavy (non-hydrogen) atoms. The Morgan fingerprint density at radius 1 is 1.15 bits per heavy atom. The van der Waals surface area contributed by atoms with Crippen molar-refractivity contribution in [3.63, 3.8) is 0 Å². The average molecular weight is 367 g/mol. The molecule has 1 aliphatic carbocycles. The lowest BCUT2D eigenvalue weighted by Crippen LogP contribution is -2.49. The smallest absolute Gasteiger partial charge is 0.287 e. The topological polar surface area (TPSA) is 88.6 Å². The van der Waals surface area contributed by atoms with Gasteiger partial charge in [-0.3, -0.25) is 9.59 Å². The second kappa shape index (κ2) is 7.56. The molecule has 1 aromatic carbocycles. The molecule has 4 unspecified atom stereocenters. The zero-order valence-electron chi connectivity index (χ0n) is 15.2. The highest BCUT2D eigenvalue weighted by molar-refractivity contribution is 5.95. The Hall–Kier alpha value is -2.60. The maximum atomic E-state index is 13.2. The molecule has 6 nitrogen and oxygen atoms in total. The molecule has 4 rings (SSSR count).